The van der Waals surface area contributed by atoms with Crippen LogP contribution in [0.25, 0.3) is 0 Å². The first kappa shape index (κ1) is 14.9. The number of carboxylic acid groups (broad SMARTS) is 1. The Bertz CT molecular complexity index is 624. The number of hydrogen-bond acceptors (Lipinski definition) is 3. The van der Waals surface area contributed by atoms with Crippen molar-refractivity contribution in [1.82, 2.24) is 0 Å². The standard InChI is InChI=1S/C15H16ClNO2S/c1-9(7-12-5-3-10(2)20-12)17-14-6-4-11(16)8-13(14)15(18)19/h3-6,8-9,17H,7H2,1-2H3,(H,18,19). The summed E-state index contributed by atoms with van der Waals surface area (Å²) in [4.78, 5) is 13.8. The van der Waals surface area contributed by atoms with Crippen molar-refractivity contribution in [3.63, 3.8) is 0 Å². The minimum Gasteiger partial charge on any atom is -0.478 e. The van der Waals surface area contributed by atoms with E-state index < -0.39 is 5.97 Å². The third-order valence-corrected chi connectivity index (χ3v) is 4.18. The molecule has 106 valence electrons. The number of anilines is 1. The second kappa shape index (κ2) is 6.29. The van der Waals surface area contributed by atoms with E-state index in [1.54, 1.807) is 23.5 Å². The van der Waals surface area contributed by atoms with E-state index in [1.165, 1.54) is 15.8 Å². The Kier molecular flexibility index (Phi) is 4.68. The smallest absolute Gasteiger partial charge is 0.337 e. The molecule has 0 bridgehead atoms. The number of thiophene rings is 1. The van der Waals surface area contributed by atoms with Gasteiger partial charge in [0.15, 0.2) is 0 Å². The van der Waals surface area contributed by atoms with Gasteiger partial charge in [-0.15, -0.1) is 11.3 Å². The molecule has 3 nitrogen and oxygen atoms in total. The van der Waals surface area contributed by atoms with Gasteiger partial charge in [-0.2, -0.15) is 0 Å². The predicted molar refractivity (Wildman–Crippen MR) is 84.3 cm³/mol. The van der Waals surface area contributed by atoms with Gasteiger partial charge in [-0.25, -0.2) is 4.79 Å². The van der Waals surface area contributed by atoms with Gasteiger partial charge in [0, 0.05) is 32.9 Å². The normalized spacial score (nSPS) is 12.2. The Balaban J connectivity index is 2.11. The molecule has 0 fully saturated rings. The summed E-state index contributed by atoms with van der Waals surface area (Å²) in [5.41, 5.74) is 0.800. The van der Waals surface area contributed by atoms with E-state index in [-0.39, 0.29) is 11.6 Å². The molecule has 1 aromatic carbocycles. The molecule has 0 spiro atoms. The van der Waals surface area contributed by atoms with E-state index in [0.29, 0.717) is 10.7 Å². The van der Waals surface area contributed by atoms with Crippen LogP contribution >= 0.6 is 22.9 Å². The number of nitrogens with one attached hydrogen (secondary N) is 1. The lowest BCUT2D eigenvalue weighted by Crippen LogP contribution is -2.19. The van der Waals surface area contributed by atoms with Crippen LogP contribution in [0.4, 0.5) is 5.69 Å². The minimum atomic E-state index is -0.978. The van der Waals surface area contributed by atoms with Crippen LogP contribution in [0.15, 0.2) is 30.3 Å². The molecule has 2 N–H and O–H groups in total. The van der Waals surface area contributed by atoms with Crippen LogP contribution in [0, 0.1) is 6.92 Å². The topological polar surface area (TPSA) is 49.3 Å². The molecule has 0 aliphatic rings. The molecule has 2 rings (SSSR count). The molecule has 0 aliphatic heterocycles. The van der Waals surface area contributed by atoms with E-state index in [2.05, 4.69) is 24.4 Å². The zero-order valence-electron chi connectivity index (χ0n) is 11.3. The van der Waals surface area contributed by atoms with Crippen molar-refractivity contribution in [2.45, 2.75) is 26.3 Å². The summed E-state index contributed by atoms with van der Waals surface area (Å²) in [6.45, 7) is 4.11. The van der Waals surface area contributed by atoms with Gasteiger partial charge in [-0.05, 0) is 44.2 Å². The van der Waals surface area contributed by atoms with Gasteiger partial charge in [0.2, 0.25) is 0 Å². The number of carbonyl (C=O) groups is 1. The average Bonchev–Trinajstić information content (AvgIpc) is 2.76. The summed E-state index contributed by atoms with van der Waals surface area (Å²) in [5, 5.41) is 12.9. The second-order valence-electron chi connectivity index (χ2n) is 4.76. The van der Waals surface area contributed by atoms with Crippen LogP contribution in [0.3, 0.4) is 0 Å². The monoisotopic (exact) mass is 309 g/mol. The number of halogens is 1. The number of hydrogen-bond donors (Lipinski definition) is 2. The number of aromatic carboxylic acids is 1. The molecular formula is C15H16ClNO2S. The minimum absolute atomic E-state index is 0.146. The molecule has 1 unspecified atom stereocenters. The zero-order valence-corrected chi connectivity index (χ0v) is 12.9. The van der Waals surface area contributed by atoms with Crippen LogP contribution in [-0.2, 0) is 6.42 Å². The maximum absolute atomic E-state index is 11.2. The average molecular weight is 310 g/mol. The number of aryl methyl sites for hydroxylation is 1. The summed E-state index contributed by atoms with van der Waals surface area (Å²) in [6, 6.07) is 9.22. The quantitative estimate of drug-likeness (QED) is 0.857. The van der Waals surface area contributed by atoms with Gasteiger partial charge in [0.25, 0.3) is 0 Å². The van der Waals surface area contributed by atoms with Crippen LogP contribution in [0.5, 0.6) is 0 Å². The van der Waals surface area contributed by atoms with Crippen molar-refractivity contribution in [3.05, 3.63) is 50.7 Å². The lowest BCUT2D eigenvalue weighted by Gasteiger charge is -2.16. The van der Waals surface area contributed by atoms with Gasteiger partial charge in [0.05, 0.1) is 5.56 Å². The molecule has 0 radical (unpaired) electrons. The number of benzene rings is 1. The maximum atomic E-state index is 11.2. The molecule has 1 atom stereocenters. The second-order valence-corrected chi connectivity index (χ2v) is 6.57. The van der Waals surface area contributed by atoms with E-state index in [1.807, 2.05) is 6.92 Å². The van der Waals surface area contributed by atoms with Crippen molar-refractivity contribution >= 4 is 34.6 Å². The highest BCUT2D eigenvalue weighted by molar-refractivity contribution is 7.11. The van der Waals surface area contributed by atoms with E-state index in [9.17, 15) is 9.90 Å². The molecule has 1 heterocycles. The SMILES string of the molecule is Cc1ccc(CC(C)Nc2ccc(Cl)cc2C(=O)O)s1. The Morgan fingerprint density at radius 2 is 2.15 bits per heavy atom. The first-order chi connectivity index (χ1) is 9.45. The summed E-state index contributed by atoms with van der Waals surface area (Å²) >= 11 is 7.60. The van der Waals surface area contributed by atoms with Gasteiger partial charge in [0.1, 0.15) is 0 Å². The highest BCUT2D eigenvalue weighted by Gasteiger charge is 2.13. The van der Waals surface area contributed by atoms with Crippen molar-refractivity contribution < 1.29 is 9.90 Å². The number of carboxylic acids is 1. The fourth-order valence-corrected chi connectivity index (χ4v) is 3.22. The summed E-state index contributed by atoms with van der Waals surface area (Å²) in [6.07, 6.45) is 0.861. The first-order valence-electron chi connectivity index (χ1n) is 6.30. The Morgan fingerprint density at radius 3 is 2.75 bits per heavy atom. The Labute approximate surface area is 127 Å². The maximum Gasteiger partial charge on any atom is 0.337 e. The molecule has 2 aromatic rings. The van der Waals surface area contributed by atoms with Crippen molar-refractivity contribution in [1.29, 1.82) is 0 Å². The lowest BCUT2D eigenvalue weighted by molar-refractivity contribution is 0.0698. The van der Waals surface area contributed by atoms with Gasteiger partial charge >= 0.3 is 5.97 Å². The molecule has 5 heteroatoms. The molecule has 0 aliphatic carbocycles. The van der Waals surface area contributed by atoms with Crippen LogP contribution in [0.1, 0.15) is 27.0 Å². The van der Waals surface area contributed by atoms with E-state index in [4.69, 9.17) is 11.6 Å². The first-order valence-corrected chi connectivity index (χ1v) is 7.50. The van der Waals surface area contributed by atoms with Crippen molar-refractivity contribution in [2.24, 2.45) is 0 Å². The van der Waals surface area contributed by atoms with Gasteiger partial charge < -0.3 is 10.4 Å². The lowest BCUT2D eigenvalue weighted by atomic mass is 10.1. The summed E-state index contributed by atoms with van der Waals surface area (Å²) < 4.78 is 0. The largest absolute Gasteiger partial charge is 0.478 e. The third-order valence-electron chi connectivity index (χ3n) is 2.92. The van der Waals surface area contributed by atoms with Crippen molar-refractivity contribution in [2.75, 3.05) is 5.32 Å². The van der Waals surface area contributed by atoms with Crippen LogP contribution in [-0.4, -0.2) is 17.1 Å². The highest BCUT2D eigenvalue weighted by atomic mass is 35.5. The Hall–Kier alpha value is -1.52. The predicted octanol–water partition coefficient (Wildman–Crippen LogP) is 4.45. The van der Waals surface area contributed by atoms with E-state index in [0.717, 1.165) is 6.42 Å². The van der Waals surface area contributed by atoms with Crippen LogP contribution < -0.4 is 5.32 Å². The summed E-state index contributed by atoms with van der Waals surface area (Å²) in [7, 11) is 0. The molecule has 0 amide bonds. The van der Waals surface area contributed by atoms with Crippen molar-refractivity contribution in [3.8, 4) is 0 Å². The molecular weight excluding hydrogens is 294 g/mol. The fraction of sp³-hybridized carbons (Fsp3) is 0.267. The van der Waals surface area contributed by atoms with E-state index >= 15 is 0 Å². The number of rotatable bonds is 5. The van der Waals surface area contributed by atoms with Gasteiger partial charge in [-0.3, -0.25) is 0 Å². The fourth-order valence-electron chi connectivity index (χ4n) is 2.03. The van der Waals surface area contributed by atoms with Gasteiger partial charge in [-0.1, -0.05) is 11.6 Å². The molecule has 20 heavy (non-hydrogen) atoms. The summed E-state index contributed by atoms with van der Waals surface area (Å²) in [5.74, 6) is -0.978. The van der Waals surface area contributed by atoms with Crippen LogP contribution in [0.2, 0.25) is 5.02 Å². The molecule has 0 saturated carbocycles. The zero-order chi connectivity index (χ0) is 14.7. The highest BCUT2D eigenvalue weighted by Crippen LogP contribution is 2.23. The Morgan fingerprint density at radius 1 is 1.40 bits per heavy atom. The molecule has 0 saturated heterocycles. The third kappa shape index (κ3) is 3.74. The molecule has 1 aromatic heterocycles.